The Labute approximate surface area is 145 Å². The smallest absolute Gasteiger partial charge is 0.226 e. The van der Waals surface area contributed by atoms with Gasteiger partial charge in [0.1, 0.15) is 0 Å². The van der Waals surface area contributed by atoms with Crippen molar-refractivity contribution in [2.24, 2.45) is 0 Å². The highest BCUT2D eigenvalue weighted by atomic mass is 16.2. The molecule has 0 saturated carbocycles. The maximum atomic E-state index is 12.5. The van der Waals surface area contributed by atoms with Crippen LogP contribution in [-0.4, -0.2) is 38.9 Å². The van der Waals surface area contributed by atoms with Crippen LogP contribution in [-0.2, 0) is 10.2 Å². The molecule has 0 bridgehead atoms. The molecule has 1 aromatic rings. The number of likely N-dealkylation sites (tertiary alicyclic amines) is 1. The molecule has 3 rings (SSSR count). The van der Waals surface area contributed by atoms with Gasteiger partial charge in [0, 0.05) is 31.1 Å². The number of piperidine rings is 1. The highest BCUT2D eigenvalue weighted by Gasteiger charge is 2.26. The van der Waals surface area contributed by atoms with Crippen LogP contribution in [0.4, 0.5) is 0 Å². The van der Waals surface area contributed by atoms with Crippen LogP contribution in [0.5, 0.6) is 0 Å². The first-order valence-electron chi connectivity index (χ1n) is 9.31. The van der Waals surface area contributed by atoms with Gasteiger partial charge in [0.15, 0.2) is 0 Å². The lowest BCUT2D eigenvalue weighted by Crippen LogP contribution is -2.39. The molecular weight excluding hydrogens is 300 g/mol. The summed E-state index contributed by atoms with van der Waals surface area (Å²) in [5, 5.41) is 8.64. The number of rotatable bonds is 3. The summed E-state index contributed by atoms with van der Waals surface area (Å²) in [7, 11) is 0. The molecule has 5 heteroatoms. The summed E-state index contributed by atoms with van der Waals surface area (Å²) in [6, 6.07) is 0.367. The lowest BCUT2D eigenvalue weighted by atomic mass is 9.93. The standard InChI is InChI=1S/C19H30N4O/c1-19(2,3)17-14-23(21-20-17)16-9-11-22(12-10-16)18(24)13-15-7-5-4-6-8-15/h7,14,16H,4-6,8-13H2,1-3H3. The summed E-state index contributed by atoms with van der Waals surface area (Å²) in [4.78, 5) is 14.5. The maximum Gasteiger partial charge on any atom is 0.226 e. The molecule has 1 aromatic heterocycles. The van der Waals surface area contributed by atoms with Gasteiger partial charge in [-0.1, -0.05) is 37.6 Å². The number of aromatic nitrogens is 3. The molecule has 132 valence electrons. The number of allylic oxidation sites excluding steroid dienone is 1. The van der Waals surface area contributed by atoms with Crippen molar-refractivity contribution in [2.45, 2.75) is 77.2 Å². The van der Waals surface area contributed by atoms with Crippen LogP contribution >= 0.6 is 0 Å². The SMILES string of the molecule is CC(C)(C)c1cn(C2CCN(C(=O)CC3=CCCCC3)CC2)nn1. The third-order valence-corrected chi connectivity index (χ3v) is 5.23. The van der Waals surface area contributed by atoms with Gasteiger partial charge in [0.05, 0.1) is 11.7 Å². The molecule has 0 radical (unpaired) electrons. The average molecular weight is 330 g/mol. The molecule has 0 atom stereocenters. The van der Waals surface area contributed by atoms with Crippen molar-refractivity contribution < 1.29 is 4.79 Å². The summed E-state index contributed by atoms with van der Waals surface area (Å²) in [5.41, 5.74) is 2.41. The molecule has 24 heavy (non-hydrogen) atoms. The van der Waals surface area contributed by atoms with Gasteiger partial charge < -0.3 is 4.90 Å². The Morgan fingerprint density at radius 2 is 2.00 bits per heavy atom. The van der Waals surface area contributed by atoms with Crippen LogP contribution in [0.2, 0.25) is 0 Å². The normalized spacial score (nSPS) is 20.1. The Morgan fingerprint density at radius 3 is 2.58 bits per heavy atom. The van der Waals surface area contributed by atoms with Gasteiger partial charge in [-0.15, -0.1) is 5.10 Å². The fourth-order valence-corrected chi connectivity index (χ4v) is 3.55. The highest BCUT2D eigenvalue weighted by molar-refractivity contribution is 5.78. The van der Waals surface area contributed by atoms with Gasteiger partial charge in [-0.25, -0.2) is 4.68 Å². The third-order valence-electron chi connectivity index (χ3n) is 5.23. The number of nitrogens with zero attached hydrogens (tertiary/aromatic N) is 4. The molecule has 0 spiro atoms. The monoisotopic (exact) mass is 330 g/mol. The largest absolute Gasteiger partial charge is 0.342 e. The first-order valence-corrected chi connectivity index (χ1v) is 9.31. The van der Waals surface area contributed by atoms with Crippen molar-refractivity contribution >= 4 is 5.91 Å². The van der Waals surface area contributed by atoms with E-state index in [0.29, 0.717) is 18.4 Å². The van der Waals surface area contributed by atoms with Gasteiger partial charge in [0.2, 0.25) is 5.91 Å². The van der Waals surface area contributed by atoms with E-state index in [9.17, 15) is 4.79 Å². The van der Waals surface area contributed by atoms with E-state index in [-0.39, 0.29) is 5.41 Å². The Balaban J connectivity index is 1.53. The molecule has 2 heterocycles. The van der Waals surface area contributed by atoms with E-state index in [0.717, 1.165) is 44.5 Å². The van der Waals surface area contributed by atoms with E-state index in [1.165, 1.54) is 18.4 Å². The van der Waals surface area contributed by atoms with Crippen LogP contribution in [0.1, 0.15) is 77.5 Å². The highest BCUT2D eigenvalue weighted by Crippen LogP contribution is 2.26. The Morgan fingerprint density at radius 1 is 1.25 bits per heavy atom. The summed E-state index contributed by atoms with van der Waals surface area (Å²) >= 11 is 0. The fraction of sp³-hybridized carbons (Fsp3) is 0.737. The fourth-order valence-electron chi connectivity index (χ4n) is 3.55. The lowest BCUT2D eigenvalue weighted by Gasteiger charge is -2.32. The predicted octanol–water partition coefficient (Wildman–Crippen LogP) is 3.63. The average Bonchev–Trinajstić information content (AvgIpc) is 3.06. The van der Waals surface area contributed by atoms with Crippen LogP contribution in [0, 0.1) is 0 Å². The second kappa shape index (κ2) is 7.08. The predicted molar refractivity (Wildman–Crippen MR) is 94.7 cm³/mol. The van der Waals surface area contributed by atoms with Crippen molar-refractivity contribution in [2.75, 3.05) is 13.1 Å². The Bertz CT molecular complexity index is 603. The minimum absolute atomic E-state index is 0.0304. The summed E-state index contributed by atoms with van der Waals surface area (Å²) in [5.74, 6) is 0.301. The van der Waals surface area contributed by atoms with Crippen LogP contribution in [0.3, 0.4) is 0 Å². The first-order chi connectivity index (χ1) is 11.4. The Hall–Kier alpha value is -1.65. The van der Waals surface area contributed by atoms with Crippen LogP contribution in [0.25, 0.3) is 0 Å². The quantitative estimate of drug-likeness (QED) is 0.795. The minimum atomic E-state index is 0.0304. The summed E-state index contributed by atoms with van der Waals surface area (Å²) in [6.45, 7) is 8.14. The van der Waals surface area contributed by atoms with E-state index < -0.39 is 0 Å². The molecular formula is C19H30N4O. The number of hydrogen-bond acceptors (Lipinski definition) is 3. The molecule has 0 N–H and O–H groups in total. The third kappa shape index (κ3) is 4.05. The van der Waals surface area contributed by atoms with Crippen molar-refractivity contribution in [3.8, 4) is 0 Å². The second-order valence-electron chi connectivity index (χ2n) is 8.23. The zero-order valence-electron chi connectivity index (χ0n) is 15.3. The van der Waals surface area contributed by atoms with E-state index in [2.05, 4.69) is 43.4 Å². The lowest BCUT2D eigenvalue weighted by molar-refractivity contribution is -0.131. The number of carbonyl (C=O) groups excluding carboxylic acids is 1. The van der Waals surface area contributed by atoms with Crippen LogP contribution in [0.15, 0.2) is 17.8 Å². The van der Waals surface area contributed by atoms with E-state index in [4.69, 9.17) is 0 Å². The molecule has 0 unspecified atom stereocenters. The van der Waals surface area contributed by atoms with Gasteiger partial charge in [0.25, 0.3) is 0 Å². The number of amides is 1. The van der Waals surface area contributed by atoms with Crippen molar-refractivity contribution in [1.82, 2.24) is 19.9 Å². The molecule has 0 aromatic carbocycles. The van der Waals surface area contributed by atoms with Gasteiger partial charge in [-0.3, -0.25) is 4.79 Å². The number of carbonyl (C=O) groups is 1. The van der Waals surface area contributed by atoms with E-state index in [1.807, 2.05) is 9.58 Å². The molecule has 1 amide bonds. The Kier molecular flexibility index (Phi) is 5.07. The zero-order chi connectivity index (χ0) is 17.2. The summed E-state index contributed by atoms with van der Waals surface area (Å²) < 4.78 is 2.01. The van der Waals surface area contributed by atoms with Gasteiger partial charge in [-0.05, 0) is 38.5 Å². The van der Waals surface area contributed by atoms with E-state index >= 15 is 0 Å². The molecule has 1 fully saturated rings. The molecule has 1 aliphatic carbocycles. The first kappa shape index (κ1) is 17.2. The van der Waals surface area contributed by atoms with E-state index in [1.54, 1.807) is 0 Å². The molecule has 1 aliphatic heterocycles. The second-order valence-corrected chi connectivity index (χ2v) is 8.23. The summed E-state index contributed by atoms with van der Waals surface area (Å²) in [6.07, 6.45) is 11.7. The zero-order valence-corrected chi connectivity index (χ0v) is 15.3. The molecule has 1 saturated heterocycles. The van der Waals surface area contributed by atoms with Crippen molar-refractivity contribution in [1.29, 1.82) is 0 Å². The number of hydrogen-bond donors (Lipinski definition) is 0. The molecule has 5 nitrogen and oxygen atoms in total. The van der Waals surface area contributed by atoms with Crippen molar-refractivity contribution in [3.63, 3.8) is 0 Å². The van der Waals surface area contributed by atoms with Crippen LogP contribution < -0.4 is 0 Å². The minimum Gasteiger partial charge on any atom is -0.342 e. The van der Waals surface area contributed by atoms with Gasteiger partial charge >= 0.3 is 0 Å². The van der Waals surface area contributed by atoms with Crippen molar-refractivity contribution in [3.05, 3.63) is 23.5 Å². The van der Waals surface area contributed by atoms with Gasteiger partial charge in [-0.2, -0.15) is 0 Å². The molecule has 2 aliphatic rings. The maximum absolute atomic E-state index is 12.5. The topological polar surface area (TPSA) is 51.0 Å².